The van der Waals surface area contributed by atoms with Crippen LogP contribution in [0.15, 0.2) is 24.5 Å². The van der Waals surface area contributed by atoms with Crippen LogP contribution in [0.1, 0.15) is 47.6 Å². The molecule has 1 aliphatic carbocycles. The predicted octanol–water partition coefficient (Wildman–Crippen LogP) is 2.76. The number of nitrogens with zero attached hydrogens (tertiary/aromatic N) is 4. The second kappa shape index (κ2) is 7.26. The van der Waals surface area contributed by atoms with Gasteiger partial charge in [-0.15, -0.1) is 10.2 Å². The lowest BCUT2D eigenvalue weighted by Crippen LogP contribution is -2.48. The van der Waals surface area contributed by atoms with Crippen molar-refractivity contribution >= 4 is 16.8 Å². The lowest BCUT2D eigenvalue weighted by molar-refractivity contribution is 0.0850. The summed E-state index contributed by atoms with van der Waals surface area (Å²) in [7, 11) is 0. The third kappa shape index (κ3) is 3.42. The molecule has 0 saturated heterocycles. The highest BCUT2D eigenvalue weighted by Crippen LogP contribution is 2.27. The predicted molar refractivity (Wildman–Crippen MR) is 107 cm³/mol. The molecular formula is C21H25FN6O. The number of rotatable bonds is 3. The molecule has 2 atom stereocenters. The zero-order valence-electron chi connectivity index (χ0n) is 16.5. The minimum absolute atomic E-state index is 0.124. The first-order valence-electron chi connectivity index (χ1n) is 10.3. The number of nitrogens with one attached hydrogen (secondary N) is 2. The summed E-state index contributed by atoms with van der Waals surface area (Å²) in [6, 6.07) is 5.34. The van der Waals surface area contributed by atoms with Crippen molar-refractivity contribution in [2.75, 3.05) is 6.54 Å². The van der Waals surface area contributed by atoms with Gasteiger partial charge < -0.3 is 14.9 Å². The fraction of sp³-hybridized carbons (Fsp3) is 0.476. The summed E-state index contributed by atoms with van der Waals surface area (Å²) in [5.74, 6) is 0.540. The van der Waals surface area contributed by atoms with E-state index in [1.807, 2.05) is 6.92 Å². The van der Waals surface area contributed by atoms with Crippen molar-refractivity contribution in [3.8, 4) is 0 Å². The second-order valence-electron chi connectivity index (χ2n) is 8.24. The van der Waals surface area contributed by atoms with E-state index >= 15 is 0 Å². The van der Waals surface area contributed by atoms with E-state index in [0.717, 1.165) is 56.7 Å². The smallest absolute Gasteiger partial charge is 0.267 e. The lowest BCUT2D eigenvalue weighted by atomic mass is 9.89. The summed E-state index contributed by atoms with van der Waals surface area (Å²) < 4.78 is 16.2. The molecule has 152 valence electrons. The van der Waals surface area contributed by atoms with Crippen molar-refractivity contribution < 1.29 is 9.18 Å². The third-order valence-electron chi connectivity index (χ3n) is 6.36. The van der Waals surface area contributed by atoms with Gasteiger partial charge in [0.05, 0.1) is 12.1 Å². The maximum Gasteiger partial charge on any atom is 0.267 e. The average molecular weight is 396 g/mol. The highest BCUT2D eigenvalue weighted by atomic mass is 19.1. The molecule has 8 heteroatoms. The van der Waals surface area contributed by atoms with E-state index in [0.29, 0.717) is 22.6 Å². The molecule has 0 bridgehead atoms. The summed E-state index contributed by atoms with van der Waals surface area (Å²) >= 11 is 0. The summed E-state index contributed by atoms with van der Waals surface area (Å²) in [5, 5.41) is 11.8. The zero-order valence-corrected chi connectivity index (χ0v) is 16.5. The number of hydrogen-bond donors (Lipinski definition) is 2. The summed E-state index contributed by atoms with van der Waals surface area (Å²) in [4.78, 5) is 18.4. The fourth-order valence-electron chi connectivity index (χ4n) is 4.73. The van der Waals surface area contributed by atoms with Crippen molar-refractivity contribution in [3.05, 3.63) is 47.4 Å². The van der Waals surface area contributed by atoms with Gasteiger partial charge in [0.2, 0.25) is 0 Å². The normalized spacial score (nSPS) is 22.6. The van der Waals surface area contributed by atoms with Gasteiger partial charge in [0.1, 0.15) is 23.7 Å². The van der Waals surface area contributed by atoms with E-state index in [2.05, 4.69) is 30.0 Å². The van der Waals surface area contributed by atoms with Gasteiger partial charge in [-0.2, -0.15) is 0 Å². The van der Waals surface area contributed by atoms with Gasteiger partial charge in [0, 0.05) is 30.6 Å². The maximum absolute atomic E-state index is 14.1. The molecule has 2 aliphatic rings. The first-order chi connectivity index (χ1) is 14.1. The van der Waals surface area contributed by atoms with E-state index in [-0.39, 0.29) is 17.8 Å². The van der Waals surface area contributed by atoms with E-state index in [4.69, 9.17) is 0 Å². The van der Waals surface area contributed by atoms with Gasteiger partial charge in [-0.25, -0.2) is 4.39 Å². The Labute approximate surface area is 168 Å². The molecule has 7 nitrogen and oxygen atoms in total. The van der Waals surface area contributed by atoms with Gasteiger partial charge in [-0.1, -0.05) is 6.07 Å². The van der Waals surface area contributed by atoms with Crippen LogP contribution in [-0.4, -0.2) is 49.2 Å². The molecule has 0 radical (unpaired) electrons. The van der Waals surface area contributed by atoms with Crippen molar-refractivity contribution in [2.45, 2.75) is 57.8 Å². The Bertz CT molecular complexity index is 1020. The molecule has 3 aromatic rings. The first kappa shape index (κ1) is 18.3. The maximum atomic E-state index is 14.1. The van der Waals surface area contributed by atoms with Crippen LogP contribution in [0.2, 0.25) is 0 Å². The summed E-state index contributed by atoms with van der Waals surface area (Å²) in [6.45, 7) is 4.61. The number of carbonyl (C=O) groups is 1. The van der Waals surface area contributed by atoms with E-state index in [1.54, 1.807) is 18.5 Å². The number of carbonyl (C=O) groups excluding carboxylic acids is 1. The number of amides is 1. The monoisotopic (exact) mass is 396 g/mol. The molecule has 2 aromatic heterocycles. The Kier molecular flexibility index (Phi) is 4.58. The van der Waals surface area contributed by atoms with Crippen LogP contribution in [0.25, 0.3) is 10.9 Å². The Morgan fingerprint density at radius 3 is 3.07 bits per heavy atom. The van der Waals surface area contributed by atoms with Gasteiger partial charge in [0.25, 0.3) is 5.91 Å². The van der Waals surface area contributed by atoms with Crippen molar-refractivity contribution in [1.29, 1.82) is 0 Å². The minimum Gasteiger partial charge on any atom is -0.350 e. The standard InChI is InChI=1S/C21H25FN6O/c1-13-5-6-17(22)16-10-18(25-20(13)16)21(29)24-14-3-2-4-15(9-14)27-7-8-28-12-23-26-19(28)11-27/h5-6,10,12,14-15,25H,2-4,7-9,11H2,1H3,(H,24,29)/t14-,15-/m1/s1. The summed E-state index contributed by atoms with van der Waals surface area (Å²) in [6.07, 6.45) is 5.91. The van der Waals surface area contributed by atoms with E-state index in [9.17, 15) is 9.18 Å². The van der Waals surface area contributed by atoms with E-state index < -0.39 is 0 Å². The molecule has 1 amide bonds. The van der Waals surface area contributed by atoms with Crippen LogP contribution in [0.5, 0.6) is 0 Å². The van der Waals surface area contributed by atoms with Crippen LogP contribution in [0.4, 0.5) is 4.39 Å². The van der Waals surface area contributed by atoms with Gasteiger partial charge >= 0.3 is 0 Å². The van der Waals surface area contributed by atoms with Crippen LogP contribution in [0, 0.1) is 12.7 Å². The van der Waals surface area contributed by atoms with Gasteiger partial charge in [-0.05, 0) is 50.3 Å². The molecule has 2 N–H and O–H groups in total. The van der Waals surface area contributed by atoms with Crippen LogP contribution in [0.3, 0.4) is 0 Å². The molecule has 1 aromatic carbocycles. The Morgan fingerprint density at radius 1 is 1.31 bits per heavy atom. The first-order valence-corrected chi connectivity index (χ1v) is 10.3. The molecular weight excluding hydrogens is 371 g/mol. The number of aryl methyl sites for hydroxylation is 1. The number of benzene rings is 1. The van der Waals surface area contributed by atoms with Crippen molar-refractivity contribution in [2.24, 2.45) is 0 Å². The fourth-order valence-corrected chi connectivity index (χ4v) is 4.73. The Balaban J connectivity index is 1.26. The molecule has 1 saturated carbocycles. The van der Waals surface area contributed by atoms with Crippen LogP contribution >= 0.6 is 0 Å². The molecule has 0 spiro atoms. The minimum atomic E-state index is -0.309. The molecule has 29 heavy (non-hydrogen) atoms. The van der Waals surface area contributed by atoms with E-state index in [1.165, 1.54) is 6.07 Å². The molecule has 3 heterocycles. The highest BCUT2D eigenvalue weighted by molar-refractivity contribution is 5.99. The van der Waals surface area contributed by atoms with Gasteiger partial charge in [0.15, 0.2) is 0 Å². The Hall–Kier alpha value is -2.74. The zero-order chi connectivity index (χ0) is 20.0. The van der Waals surface area contributed by atoms with Crippen molar-refractivity contribution in [1.82, 2.24) is 30.0 Å². The van der Waals surface area contributed by atoms with Crippen LogP contribution < -0.4 is 5.32 Å². The number of aromatic amines is 1. The van der Waals surface area contributed by atoms with Gasteiger partial charge in [-0.3, -0.25) is 9.69 Å². The van der Waals surface area contributed by atoms with Crippen molar-refractivity contribution in [3.63, 3.8) is 0 Å². The topological polar surface area (TPSA) is 78.8 Å². The number of hydrogen-bond acceptors (Lipinski definition) is 4. The summed E-state index contributed by atoms with van der Waals surface area (Å²) in [5.41, 5.74) is 2.03. The number of aromatic nitrogens is 4. The number of H-pyrrole nitrogens is 1. The second-order valence-corrected chi connectivity index (χ2v) is 8.24. The lowest BCUT2D eigenvalue weighted by Gasteiger charge is -2.39. The largest absolute Gasteiger partial charge is 0.350 e. The molecule has 1 aliphatic heterocycles. The molecule has 0 unspecified atom stereocenters. The number of fused-ring (bicyclic) bond motifs is 2. The Morgan fingerprint density at radius 2 is 2.21 bits per heavy atom. The third-order valence-corrected chi connectivity index (χ3v) is 6.36. The number of halogens is 1. The van der Waals surface area contributed by atoms with Crippen LogP contribution in [-0.2, 0) is 13.1 Å². The average Bonchev–Trinajstić information content (AvgIpc) is 3.38. The molecule has 1 fully saturated rings. The highest BCUT2D eigenvalue weighted by Gasteiger charge is 2.30. The SMILES string of the molecule is Cc1ccc(F)c2cc(C(=O)N[C@@H]3CCC[C@@H](N4CCn5cnnc5C4)C3)[nH]c12. The molecule has 5 rings (SSSR count). The quantitative estimate of drug-likeness (QED) is 0.714.